The number of carbonyl (C=O) groups is 3. The molecule has 0 radical (unpaired) electrons. The molecule has 0 spiro atoms. The summed E-state index contributed by atoms with van der Waals surface area (Å²) in [4.78, 5) is 39.3. The first kappa shape index (κ1) is 29.6. The maximum absolute atomic E-state index is 13.2. The van der Waals surface area contributed by atoms with E-state index < -0.39 is 36.0 Å². The van der Waals surface area contributed by atoms with E-state index in [1.165, 1.54) is 7.11 Å². The summed E-state index contributed by atoms with van der Waals surface area (Å²) in [6, 6.07) is 25.8. The summed E-state index contributed by atoms with van der Waals surface area (Å²) in [7, 11) is 1.25. The molecule has 0 saturated heterocycles. The van der Waals surface area contributed by atoms with E-state index in [9.17, 15) is 14.4 Å². The molecule has 0 aromatic heterocycles. The zero-order valence-corrected chi connectivity index (χ0v) is 22.9. The molecule has 7 nitrogen and oxygen atoms in total. The Kier molecular flexibility index (Phi) is 11.3. The van der Waals surface area contributed by atoms with Gasteiger partial charge in [0.15, 0.2) is 0 Å². The van der Waals surface area contributed by atoms with Crippen LogP contribution in [-0.4, -0.2) is 37.2 Å². The van der Waals surface area contributed by atoms with Gasteiger partial charge in [-0.1, -0.05) is 98.8 Å². The fourth-order valence-electron chi connectivity index (χ4n) is 3.98. The Morgan fingerprint density at radius 1 is 0.615 bits per heavy atom. The smallest absolute Gasteiger partial charge is 0.351 e. The fraction of sp³-hybridized carbons (Fsp3) is 0.344. The number of methoxy groups -OCH3 is 1. The Hall–Kier alpha value is -3.97. The van der Waals surface area contributed by atoms with Crippen molar-refractivity contribution in [1.29, 1.82) is 0 Å². The molecular formula is C32H36O7. The van der Waals surface area contributed by atoms with Gasteiger partial charge in [0.1, 0.15) is 13.2 Å². The zero-order valence-electron chi connectivity index (χ0n) is 22.9. The summed E-state index contributed by atoms with van der Waals surface area (Å²) in [5.74, 6) is -2.63. The van der Waals surface area contributed by atoms with Crippen LogP contribution in [0.15, 0.2) is 84.9 Å². The Bertz CT molecular complexity index is 1190. The standard InChI is InChI=1S/C32H36O7/c1-22(2)19-24-15-17-27(18-16-24)23(3)30(33)39-29(32(35)38-21-26-13-9-6-10-14-26)28(36-4)31(34)37-20-25-11-7-5-8-12-25/h5-18,22-23,28-29H,19-21H2,1-4H3. The van der Waals surface area contributed by atoms with E-state index in [1.807, 2.05) is 60.7 Å². The minimum Gasteiger partial charge on any atom is -0.459 e. The van der Waals surface area contributed by atoms with Gasteiger partial charge in [-0.3, -0.25) is 4.79 Å². The van der Waals surface area contributed by atoms with Crippen molar-refractivity contribution in [3.8, 4) is 0 Å². The van der Waals surface area contributed by atoms with Crippen LogP contribution in [0, 0.1) is 5.92 Å². The zero-order chi connectivity index (χ0) is 28.2. The highest BCUT2D eigenvalue weighted by molar-refractivity contribution is 5.89. The number of esters is 3. The van der Waals surface area contributed by atoms with Gasteiger partial charge < -0.3 is 18.9 Å². The Labute approximate surface area is 230 Å². The predicted molar refractivity (Wildman–Crippen MR) is 147 cm³/mol. The van der Waals surface area contributed by atoms with Crippen molar-refractivity contribution in [2.24, 2.45) is 5.92 Å². The summed E-state index contributed by atoms with van der Waals surface area (Å²) in [6.07, 6.45) is -2.24. The minimum absolute atomic E-state index is 0.0294. The first-order chi connectivity index (χ1) is 18.8. The highest BCUT2D eigenvalue weighted by atomic mass is 16.6. The van der Waals surface area contributed by atoms with Crippen molar-refractivity contribution in [3.05, 3.63) is 107 Å². The second-order valence-electron chi connectivity index (χ2n) is 9.76. The number of hydrogen-bond acceptors (Lipinski definition) is 7. The van der Waals surface area contributed by atoms with Crippen LogP contribution in [0.1, 0.15) is 48.9 Å². The lowest BCUT2D eigenvalue weighted by Gasteiger charge is -2.25. The van der Waals surface area contributed by atoms with E-state index >= 15 is 0 Å². The normalized spacial score (nSPS) is 13.3. The highest BCUT2D eigenvalue weighted by Crippen LogP contribution is 2.22. The number of carbonyl (C=O) groups excluding carboxylic acids is 3. The van der Waals surface area contributed by atoms with Crippen molar-refractivity contribution < 1.29 is 33.3 Å². The van der Waals surface area contributed by atoms with E-state index in [0.29, 0.717) is 5.92 Å². The first-order valence-electron chi connectivity index (χ1n) is 13.0. The monoisotopic (exact) mass is 532 g/mol. The van der Waals surface area contributed by atoms with E-state index in [1.54, 1.807) is 31.2 Å². The molecule has 3 aromatic carbocycles. The van der Waals surface area contributed by atoms with Gasteiger partial charge in [-0.25, -0.2) is 9.59 Å². The molecule has 0 aliphatic rings. The van der Waals surface area contributed by atoms with Gasteiger partial charge in [-0.05, 0) is 41.5 Å². The lowest BCUT2D eigenvalue weighted by atomic mass is 9.97. The van der Waals surface area contributed by atoms with Crippen LogP contribution in [0.2, 0.25) is 0 Å². The van der Waals surface area contributed by atoms with Gasteiger partial charge in [0, 0.05) is 7.11 Å². The van der Waals surface area contributed by atoms with Crippen molar-refractivity contribution in [2.75, 3.05) is 7.11 Å². The topological polar surface area (TPSA) is 88.1 Å². The third kappa shape index (κ3) is 9.07. The molecular weight excluding hydrogens is 496 g/mol. The second kappa shape index (κ2) is 14.8. The summed E-state index contributed by atoms with van der Waals surface area (Å²) in [5, 5.41) is 0. The maximum Gasteiger partial charge on any atom is 0.351 e. The van der Waals surface area contributed by atoms with Crippen molar-refractivity contribution in [3.63, 3.8) is 0 Å². The predicted octanol–water partition coefficient (Wildman–Crippen LogP) is 5.40. The molecule has 39 heavy (non-hydrogen) atoms. The van der Waals surface area contributed by atoms with E-state index in [2.05, 4.69) is 13.8 Å². The summed E-state index contributed by atoms with van der Waals surface area (Å²) < 4.78 is 21.7. The summed E-state index contributed by atoms with van der Waals surface area (Å²) in [5.41, 5.74) is 3.39. The van der Waals surface area contributed by atoms with Gasteiger partial charge in [0.2, 0.25) is 12.2 Å². The SMILES string of the molecule is COC(C(=O)OCc1ccccc1)C(OC(=O)C(C)c1ccc(CC(C)C)cc1)C(=O)OCc1ccccc1. The minimum atomic E-state index is -1.66. The van der Waals surface area contributed by atoms with Crippen LogP contribution < -0.4 is 0 Å². The molecule has 0 heterocycles. The molecule has 3 unspecified atom stereocenters. The molecule has 0 saturated carbocycles. The van der Waals surface area contributed by atoms with E-state index in [0.717, 1.165) is 28.7 Å². The maximum atomic E-state index is 13.2. The molecule has 0 aliphatic heterocycles. The molecule has 0 aliphatic carbocycles. The quantitative estimate of drug-likeness (QED) is 0.215. The number of rotatable bonds is 13. The lowest BCUT2D eigenvalue weighted by Crippen LogP contribution is -2.46. The van der Waals surface area contributed by atoms with Crippen LogP contribution in [0.5, 0.6) is 0 Å². The molecule has 0 bridgehead atoms. The largest absolute Gasteiger partial charge is 0.459 e. The van der Waals surface area contributed by atoms with Crippen LogP contribution >= 0.6 is 0 Å². The average Bonchev–Trinajstić information content (AvgIpc) is 2.95. The van der Waals surface area contributed by atoms with Crippen LogP contribution in [0.4, 0.5) is 0 Å². The van der Waals surface area contributed by atoms with E-state index in [4.69, 9.17) is 18.9 Å². The van der Waals surface area contributed by atoms with Crippen LogP contribution in [0.3, 0.4) is 0 Å². The Morgan fingerprint density at radius 2 is 1.10 bits per heavy atom. The third-order valence-electron chi connectivity index (χ3n) is 6.16. The molecule has 0 amide bonds. The van der Waals surface area contributed by atoms with Gasteiger partial charge in [-0.15, -0.1) is 0 Å². The van der Waals surface area contributed by atoms with Gasteiger partial charge >= 0.3 is 17.9 Å². The summed E-state index contributed by atoms with van der Waals surface area (Å²) >= 11 is 0. The lowest BCUT2D eigenvalue weighted by molar-refractivity contribution is -0.187. The molecule has 206 valence electrons. The van der Waals surface area contributed by atoms with Crippen LogP contribution in [-0.2, 0) is 53.0 Å². The highest BCUT2D eigenvalue weighted by Gasteiger charge is 2.41. The molecule has 0 N–H and O–H groups in total. The number of benzene rings is 3. The van der Waals surface area contributed by atoms with Gasteiger partial charge in [0.25, 0.3) is 0 Å². The van der Waals surface area contributed by atoms with Crippen molar-refractivity contribution >= 4 is 17.9 Å². The van der Waals surface area contributed by atoms with Crippen molar-refractivity contribution in [1.82, 2.24) is 0 Å². The first-order valence-corrected chi connectivity index (χ1v) is 13.0. The summed E-state index contributed by atoms with van der Waals surface area (Å²) in [6.45, 7) is 5.88. The molecule has 3 atom stereocenters. The fourth-order valence-corrected chi connectivity index (χ4v) is 3.98. The van der Waals surface area contributed by atoms with Gasteiger partial charge in [0.05, 0.1) is 5.92 Å². The Balaban J connectivity index is 1.75. The average molecular weight is 533 g/mol. The number of ether oxygens (including phenoxy) is 4. The third-order valence-corrected chi connectivity index (χ3v) is 6.16. The van der Waals surface area contributed by atoms with Gasteiger partial charge in [-0.2, -0.15) is 0 Å². The second-order valence-corrected chi connectivity index (χ2v) is 9.76. The molecule has 3 aromatic rings. The van der Waals surface area contributed by atoms with E-state index in [-0.39, 0.29) is 13.2 Å². The van der Waals surface area contributed by atoms with Crippen molar-refractivity contribution in [2.45, 2.75) is 58.5 Å². The molecule has 7 heteroatoms. The van der Waals surface area contributed by atoms with Crippen LogP contribution in [0.25, 0.3) is 0 Å². The molecule has 3 rings (SSSR count). The Morgan fingerprint density at radius 3 is 1.56 bits per heavy atom. The number of hydrogen-bond donors (Lipinski definition) is 0. The molecule has 0 fully saturated rings.